The average molecular weight is 288 g/mol. The van der Waals surface area contributed by atoms with E-state index in [1.807, 2.05) is 38.1 Å². The highest BCUT2D eigenvalue weighted by atomic mass is 127. The van der Waals surface area contributed by atoms with Crippen LogP contribution in [-0.2, 0) is 0 Å². The Morgan fingerprint density at radius 1 is 1.38 bits per heavy atom. The number of hydrogen-bond acceptors (Lipinski definition) is 1. The molecule has 1 aromatic rings. The van der Waals surface area contributed by atoms with Gasteiger partial charge in [-0.05, 0) is 41.1 Å². The molecule has 1 unspecified atom stereocenters. The third-order valence-corrected chi connectivity index (χ3v) is 2.91. The minimum atomic E-state index is 0.139. The average Bonchev–Trinajstić information content (AvgIpc) is 2.17. The van der Waals surface area contributed by atoms with Crippen molar-refractivity contribution in [2.75, 3.05) is 0 Å². The molecule has 2 heteroatoms. The van der Waals surface area contributed by atoms with Crippen LogP contribution in [0.2, 0.25) is 0 Å². The van der Waals surface area contributed by atoms with Gasteiger partial charge in [-0.1, -0.05) is 26.0 Å². The Morgan fingerprint density at radius 3 is 2.38 bits per heavy atom. The van der Waals surface area contributed by atoms with Crippen LogP contribution in [-0.4, -0.2) is 5.78 Å². The lowest BCUT2D eigenvalue weighted by molar-refractivity contribution is 0.0927. The zero-order chi connectivity index (χ0) is 9.84. The molecule has 0 saturated heterocycles. The zero-order valence-corrected chi connectivity index (χ0v) is 10.0. The van der Waals surface area contributed by atoms with Crippen molar-refractivity contribution in [1.29, 1.82) is 0 Å². The number of ketones is 1. The topological polar surface area (TPSA) is 17.1 Å². The lowest BCUT2D eigenvalue weighted by Crippen LogP contribution is -2.09. The van der Waals surface area contributed by atoms with Crippen LogP contribution in [0.5, 0.6) is 0 Å². The molecule has 0 saturated carbocycles. The summed E-state index contributed by atoms with van der Waals surface area (Å²) in [5.74, 6) is 0.388. The first-order chi connectivity index (χ1) is 6.15. The molecule has 0 aliphatic carbocycles. The third-order valence-electron chi connectivity index (χ3n) is 2.19. The van der Waals surface area contributed by atoms with E-state index < -0.39 is 0 Å². The highest BCUT2D eigenvalue weighted by Crippen LogP contribution is 2.13. The largest absolute Gasteiger partial charge is 0.294 e. The summed E-state index contributed by atoms with van der Waals surface area (Å²) in [6, 6.07) is 7.74. The Labute approximate surface area is 92.7 Å². The maximum atomic E-state index is 11.7. The molecule has 0 radical (unpaired) electrons. The summed E-state index contributed by atoms with van der Waals surface area (Å²) in [6.45, 7) is 4.01. The van der Waals surface area contributed by atoms with Crippen LogP contribution in [0, 0.1) is 9.49 Å². The Balaban J connectivity index is 2.83. The van der Waals surface area contributed by atoms with E-state index in [4.69, 9.17) is 0 Å². The number of carbonyl (C=O) groups excluding carboxylic acids is 1. The van der Waals surface area contributed by atoms with E-state index in [0.717, 1.165) is 12.0 Å². The van der Waals surface area contributed by atoms with Crippen LogP contribution in [0.15, 0.2) is 24.3 Å². The summed E-state index contributed by atoms with van der Waals surface area (Å²) in [6.07, 6.45) is 0.908. The lowest BCUT2D eigenvalue weighted by atomic mass is 9.97. The predicted molar refractivity (Wildman–Crippen MR) is 62.9 cm³/mol. The molecule has 0 heterocycles. The van der Waals surface area contributed by atoms with Gasteiger partial charge in [0.2, 0.25) is 0 Å². The normalized spacial score (nSPS) is 12.5. The lowest BCUT2D eigenvalue weighted by Gasteiger charge is -2.06. The maximum absolute atomic E-state index is 11.7. The van der Waals surface area contributed by atoms with Gasteiger partial charge in [0, 0.05) is 15.1 Å². The van der Waals surface area contributed by atoms with Crippen molar-refractivity contribution in [3.8, 4) is 0 Å². The SMILES string of the molecule is CCC(C)C(=O)c1ccc(I)cc1. The van der Waals surface area contributed by atoms with E-state index in [-0.39, 0.29) is 11.7 Å². The summed E-state index contributed by atoms with van der Waals surface area (Å²) in [7, 11) is 0. The van der Waals surface area contributed by atoms with Crippen molar-refractivity contribution in [2.45, 2.75) is 20.3 Å². The maximum Gasteiger partial charge on any atom is 0.165 e. The van der Waals surface area contributed by atoms with Gasteiger partial charge < -0.3 is 0 Å². The quantitative estimate of drug-likeness (QED) is 0.614. The molecule has 0 aromatic heterocycles. The molecule has 0 fully saturated rings. The summed E-state index contributed by atoms with van der Waals surface area (Å²) in [5.41, 5.74) is 0.828. The Morgan fingerprint density at radius 2 is 1.92 bits per heavy atom. The zero-order valence-electron chi connectivity index (χ0n) is 7.88. The molecule has 70 valence electrons. The van der Waals surface area contributed by atoms with Crippen LogP contribution < -0.4 is 0 Å². The smallest absolute Gasteiger partial charge is 0.165 e. The fourth-order valence-electron chi connectivity index (χ4n) is 1.08. The molecule has 0 amide bonds. The van der Waals surface area contributed by atoms with Crippen molar-refractivity contribution in [2.24, 2.45) is 5.92 Å². The molecule has 1 rings (SSSR count). The fourth-order valence-corrected chi connectivity index (χ4v) is 1.44. The highest BCUT2D eigenvalue weighted by molar-refractivity contribution is 14.1. The van der Waals surface area contributed by atoms with E-state index in [1.165, 1.54) is 3.57 Å². The molecule has 13 heavy (non-hydrogen) atoms. The molecule has 0 aliphatic heterocycles. The van der Waals surface area contributed by atoms with E-state index in [2.05, 4.69) is 22.6 Å². The van der Waals surface area contributed by atoms with Gasteiger partial charge in [-0.25, -0.2) is 0 Å². The van der Waals surface area contributed by atoms with Gasteiger partial charge in [0.25, 0.3) is 0 Å². The number of hydrogen-bond donors (Lipinski definition) is 0. The predicted octanol–water partition coefficient (Wildman–Crippen LogP) is 3.52. The summed E-state index contributed by atoms with van der Waals surface area (Å²) < 4.78 is 1.17. The number of benzene rings is 1. The summed E-state index contributed by atoms with van der Waals surface area (Å²) >= 11 is 2.24. The molecule has 0 spiro atoms. The molecular weight excluding hydrogens is 275 g/mol. The third kappa shape index (κ3) is 2.79. The molecule has 0 aliphatic rings. The van der Waals surface area contributed by atoms with Gasteiger partial charge in [-0.2, -0.15) is 0 Å². The second-order valence-electron chi connectivity index (χ2n) is 3.18. The van der Waals surface area contributed by atoms with Crippen LogP contribution in [0.1, 0.15) is 30.6 Å². The van der Waals surface area contributed by atoms with Crippen LogP contribution in [0.4, 0.5) is 0 Å². The van der Waals surface area contributed by atoms with Gasteiger partial charge >= 0.3 is 0 Å². The first-order valence-electron chi connectivity index (χ1n) is 4.45. The summed E-state index contributed by atoms with van der Waals surface area (Å²) in [5, 5.41) is 0. The fraction of sp³-hybridized carbons (Fsp3) is 0.364. The molecule has 1 aromatic carbocycles. The van der Waals surface area contributed by atoms with E-state index in [1.54, 1.807) is 0 Å². The number of carbonyl (C=O) groups is 1. The Bertz CT molecular complexity index is 289. The second kappa shape index (κ2) is 4.74. The van der Waals surface area contributed by atoms with E-state index >= 15 is 0 Å². The molecule has 0 N–H and O–H groups in total. The second-order valence-corrected chi connectivity index (χ2v) is 4.43. The minimum absolute atomic E-state index is 0.139. The van der Waals surface area contributed by atoms with Gasteiger partial charge in [-0.3, -0.25) is 4.79 Å². The van der Waals surface area contributed by atoms with Crippen LogP contribution in [0.3, 0.4) is 0 Å². The van der Waals surface area contributed by atoms with Crippen LogP contribution >= 0.6 is 22.6 Å². The van der Waals surface area contributed by atoms with Gasteiger partial charge in [0.05, 0.1) is 0 Å². The molecule has 1 atom stereocenters. The van der Waals surface area contributed by atoms with Crippen molar-refractivity contribution in [3.05, 3.63) is 33.4 Å². The summed E-state index contributed by atoms with van der Waals surface area (Å²) in [4.78, 5) is 11.7. The van der Waals surface area contributed by atoms with Gasteiger partial charge in [0.1, 0.15) is 0 Å². The van der Waals surface area contributed by atoms with Gasteiger partial charge in [-0.15, -0.1) is 0 Å². The standard InChI is InChI=1S/C11H13IO/c1-3-8(2)11(13)9-4-6-10(12)7-5-9/h4-8H,3H2,1-2H3. The molecule has 0 bridgehead atoms. The van der Waals surface area contributed by atoms with E-state index in [0.29, 0.717) is 0 Å². The van der Waals surface area contributed by atoms with Crippen molar-refractivity contribution in [3.63, 3.8) is 0 Å². The monoisotopic (exact) mass is 288 g/mol. The van der Waals surface area contributed by atoms with Crippen molar-refractivity contribution < 1.29 is 4.79 Å². The van der Waals surface area contributed by atoms with Gasteiger partial charge in [0.15, 0.2) is 5.78 Å². The first-order valence-corrected chi connectivity index (χ1v) is 5.52. The van der Waals surface area contributed by atoms with Crippen LogP contribution in [0.25, 0.3) is 0 Å². The number of Topliss-reactive ketones (excluding diaryl/α,β-unsaturated/α-hetero) is 1. The minimum Gasteiger partial charge on any atom is -0.294 e. The number of halogens is 1. The Kier molecular flexibility index (Phi) is 3.90. The molecular formula is C11H13IO. The first kappa shape index (κ1) is 10.7. The highest BCUT2D eigenvalue weighted by Gasteiger charge is 2.12. The Hall–Kier alpha value is -0.380. The van der Waals surface area contributed by atoms with Crippen molar-refractivity contribution in [1.82, 2.24) is 0 Å². The number of rotatable bonds is 3. The molecule has 1 nitrogen and oxygen atoms in total. The van der Waals surface area contributed by atoms with Crippen molar-refractivity contribution >= 4 is 28.4 Å². The van der Waals surface area contributed by atoms with E-state index in [9.17, 15) is 4.79 Å².